The molecule has 2 aromatic carbocycles. The SMILES string of the molecule is COc1cc(COC(=O)C(C)Oc2cccc(Cl)c2)ccc1OC(F)F. The van der Waals surface area contributed by atoms with Crippen molar-refractivity contribution in [3.8, 4) is 17.2 Å². The molecule has 0 aliphatic heterocycles. The smallest absolute Gasteiger partial charge is 0.387 e. The molecule has 5 nitrogen and oxygen atoms in total. The van der Waals surface area contributed by atoms with Crippen molar-refractivity contribution in [3.05, 3.63) is 53.1 Å². The molecule has 140 valence electrons. The van der Waals surface area contributed by atoms with Gasteiger partial charge in [-0.3, -0.25) is 0 Å². The summed E-state index contributed by atoms with van der Waals surface area (Å²) in [4.78, 5) is 12.0. The third kappa shape index (κ3) is 5.77. The van der Waals surface area contributed by atoms with Gasteiger partial charge in [0.25, 0.3) is 0 Å². The Labute approximate surface area is 154 Å². The number of carbonyl (C=O) groups excluding carboxylic acids is 1. The summed E-state index contributed by atoms with van der Waals surface area (Å²) in [5.41, 5.74) is 0.548. The first-order valence-corrected chi connectivity index (χ1v) is 7.97. The van der Waals surface area contributed by atoms with Crippen molar-refractivity contribution in [2.75, 3.05) is 7.11 Å². The molecule has 1 atom stereocenters. The first-order valence-electron chi connectivity index (χ1n) is 7.59. The van der Waals surface area contributed by atoms with Crippen LogP contribution in [0.15, 0.2) is 42.5 Å². The van der Waals surface area contributed by atoms with Crippen LogP contribution in [0.1, 0.15) is 12.5 Å². The molecule has 0 aromatic heterocycles. The summed E-state index contributed by atoms with van der Waals surface area (Å²) in [6.45, 7) is -1.49. The highest BCUT2D eigenvalue weighted by Crippen LogP contribution is 2.29. The molecular formula is C18H17ClF2O5. The van der Waals surface area contributed by atoms with Crippen LogP contribution in [0, 0.1) is 0 Å². The van der Waals surface area contributed by atoms with Gasteiger partial charge >= 0.3 is 12.6 Å². The third-order valence-electron chi connectivity index (χ3n) is 3.27. The molecule has 0 amide bonds. The molecule has 0 aliphatic rings. The fraction of sp³-hybridized carbons (Fsp3) is 0.278. The lowest BCUT2D eigenvalue weighted by atomic mass is 10.2. The standard InChI is InChI=1S/C18H17ClF2O5/c1-11(25-14-5-3-4-13(19)9-14)17(22)24-10-12-6-7-15(26-18(20)21)16(8-12)23-2/h3-9,11,18H,10H2,1-2H3. The van der Waals surface area contributed by atoms with Crippen molar-refractivity contribution < 1.29 is 32.5 Å². The minimum atomic E-state index is -2.96. The highest BCUT2D eigenvalue weighted by Gasteiger charge is 2.17. The molecule has 0 aliphatic carbocycles. The second-order valence-corrected chi connectivity index (χ2v) is 5.63. The number of esters is 1. The molecule has 0 saturated carbocycles. The molecule has 2 aromatic rings. The van der Waals surface area contributed by atoms with Gasteiger partial charge in [-0.2, -0.15) is 8.78 Å². The summed E-state index contributed by atoms with van der Waals surface area (Å²) in [5, 5.41) is 0.487. The lowest BCUT2D eigenvalue weighted by Crippen LogP contribution is -2.26. The molecule has 0 N–H and O–H groups in total. The Bertz CT molecular complexity index is 754. The van der Waals surface area contributed by atoms with E-state index in [-0.39, 0.29) is 18.1 Å². The van der Waals surface area contributed by atoms with E-state index in [0.29, 0.717) is 16.3 Å². The van der Waals surface area contributed by atoms with Crippen LogP contribution in [0.25, 0.3) is 0 Å². The zero-order valence-electron chi connectivity index (χ0n) is 14.1. The lowest BCUT2D eigenvalue weighted by molar-refractivity contribution is -0.152. The second kappa shape index (κ2) is 9.24. The summed E-state index contributed by atoms with van der Waals surface area (Å²) in [6, 6.07) is 10.9. The van der Waals surface area contributed by atoms with E-state index in [4.69, 9.17) is 25.8 Å². The van der Waals surface area contributed by atoms with E-state index in [9.17, 15) is 13.6 Å². The van der Waals surface area contributed by atoms with Gasteiger partial charge in [0.2, 0.25) is 0 Å². The van der Waals surface area contributed by atoms with Crippen LogP contribution in [0.2, 0.25) is 5.02 Å². The van der Waals surface area contributed by atoms with E-state index in [1.165, 1.54) is 25.3 Å². The normalized spacial score (nSPS) is 11.8. The first-order chi connectivity index (χ1) is 12.4. The Kier molecular flexibility index (Phi) is 7.03. The minimum Gasteiger partial charge on any atom is -0.493 e. The van der Waals surface area contributed by atoms with Gasteiger partial charge in [0.15, 0.2) is 17.6 Å². The van der Waals surface area contributed by atoms with Crippen LogP contribution in [0.5, 0.6) is 17.2 Å². The number of hydrogen-bond donors (Lipinski definition) is 0. The number of halogens is 3. The average molecular weight is 387 g/mol. The van der Waals surface area contributed by atoms with Gasteiger partial charge in [-0.1, -0.05) is 23.7 Å². The molecule has 1 unspecified atom stereocenters. The van der Waals surface area contributed by atoms with Crippen molar-refractivity contribution in [1.82, 2.24) is 0 Å². The maximum Gasteiger partial charge on any atom is 0.387 e. The van der Waals surface area contributed by atoms with Crippen molar-refractivity contribution in [2.45, 2.75) is 26.2 Å². The predicted octanol–water partition coefficient (Wildman–Crippen LogP) is 4.46. The zero-order chi connectivity index (χ0) is 19.1. The molecule has 0 bridgehead atoms. The Morgan fingerprint density at radius 1 is 1.12 bits per heavy atom. The number of carbonyl (C=O) groups is 1. The van der Waals surface area contributed by atoms with Gasteiger partial charge in [-0.15, -0.1) is 0 Å². The summed E-state index contributed by atoms with van der Waals surface area (Å²) in [6.07, 6.45) is -0.850. The van der Waals surface area contributed by atoms with Crippen LogP contribution >= 0.6 is 11.6 Å². The Hall–Kier alpha value is -2.54. The molecule has 8 heteroatoms. The van der Waals surface area contributed by atoms with Gasteiger partial charge in [0, 0.05) is 5.02 Å². The van der Waals surface area contributed by atoms with Crippen molar-refractivity contribution in [2.24, 2.45) is 0 Å². The number of ether oxygens (including phenoxy) is 4. The molecule has 0 heterocycles. The van der Waals surface area contributed by atoms with Crippen LogP contribution in [0.4, 0.5) is 8.78 Å². The summed E-state index contributed by atoms with van der Waals surface area (Å²) in [5.74, 6) is -0.133. The number of rotatable bonds is 8. The van der Waals surface area contributed by atoms with E-state index in [1.807, 2.05) is 0 Å². The zero-order valence-corrected chi connectivity index (χ0v) is 14.8. The van der Waals surface area contributed by atoms with Crippen LogP contribution in [0.3, 0.4) is 0 Å². The van der Waals surface area contributed by atoms with E-state index in [0.717, 1.165) is 0 Å². The molecule has 0 saturated heterocycles. The van der Waals surface area contributed by atoms with Gasteiger partial charge in [0.1, 0.15) is 12.4 Å². The average Bonchev–Trinajstić information content (AvgIpc) is 2.60. The van der Waals surface area contributed by atoms with E-state index >= 15 is 0 Å². The fourth-order valence-electron chi connectivity index (χ4n) is 2.06. The van der Waals surface area contributed by atoms with Gasteiger partial charge in [0.05, 0.1) is 7.11 Å². The van der Waals surface area contributed by atoms with Gasteiger partial charge in [-0.25, -0.2) is 4.79 Å². The Balaban J connectivity index is 1.93. The highest BCUT2D eigenvalue weighted by molar-refractivity contribution is 6.30. The van der Waals surface area contributed by atoms with Crippen molar-refractivity contribution in [3.63, 3.8) is 0 Å². The summed E-state index contributed by atoms with van der Waals surface area (Å²) >= 11 is 5.86. The maximum atomic E-state index is 12.3. The molecule has 2 rings (SSSR count). The minimum absolute atomic E-state index is 0.0760. The summed E-state index contributed by atoms with van der Waals surface area (Å²) in [7, 11) is 1.32. The van der Waals surface area contributed by atoms with Crippen LogP contribution < -0.4 is 14.2 Å². The van der Waals surface area contributed by atoms with Crippen molar-refractivity contribution in [1.29, 1.82) is 0 Å². The Morgan fingerprint density at radius 2 is 1.88 bits per heavy atom. The van der Waals surface area contributed by atoms with E-state index in [1.54, 1.807) is 31.2 Å². The second-order valence-electron chi connectivity index (χ2n) is 5.19. The summed E-state index contributed by atoms with van der Waals surface area (Å²) < 4.78 is 44.6. The van der Waals surface area contributed by atoms with E-state index in [2.05, 4.69) is 4.74 Å². The highest BCUT2D eigenvalue weighted by atomic mass is 35.5. The first kappa shape index (κ1) is 19.8. The number of methoxy groups -OCH3 is 1. The predicted molar refractivity (Wildman–Crippen MR) is 91.0 cm³/mol. The number of alkyl halides is 2. The molecular weight excluding hydrogens is 370 g/mol. The quantitative estimate of drug-likeness (QED) is 0.627. The van der Waals surface area contributed by atoms with Crippen molar-refractivity contribution >= 4 is 17.6 Å². The topological polar surface area (TPSA) is 54.0 Å². The Morgan fingerprint density at radius 3 is 2.54 bits per heavy atom. The molecule has 0 radical (unpaired) electrons. The fourth-order valence-corrected chi connectivity index (χ4v) is 2.24. The van der Waals surface area contributed by atoms with Crippen LogP contribution in [-0.4, -0.2) is 25.8 Å². The van der Waals surface area contributed by atoms with Gasteiger partial charge in [-0.05, 0) is 42.8 Å². The maximum absolute atomic E-state index is 12.3. The third-order valence-corrected chi connectivity index (χ3v) is 3.50. The van der Waals surface area contributed by atoms with Gasteiger partial charge < -0.3 is 18.9 Å². The molecule has 26 heavy (non-hydrogen) atoms. The van der Waals surface area contributed by atoms with Crippen LogP contribution in [-0.2, 0) is 16.1 Å². The largest absolute Gasteiger partial charge is 0.493 e. The molecule has 0 spiro atoms. The number of benzene rings is 2. The lowest BCUT2D eigenvalue weighted by Gasteiger charge is -2.15. The number of hydrogen-bond acceptors (Lipinski definition) is 5. The molecule has 0 fully saturated rings. The monoisotopic (exact) mass is 386 g/mol. The van der Waals surface area contributed by atoms with E-state index < -0.39 is 18.7 Å².